The first kappa shape index (κ1) is 13.1. The molecule has 2 fully saturated rings. The van der Waals surface area contributed by atoms with Gasteiger partial charge in [0.1, 0.15) is 0 Å². The lowest BCUT2D eigenvalue weighted by Gasteiger charge is -2.35. The highest BCUT2D eigenvalue weighted by Crippen LogP contribution is 2.19. The zero-order chi connectivity index (χ0) is 13.1. The van der Waals surface area contributed by atoms with Gasteiger partial charge in [-0.3, -0.25) is 4.90 Å². The number of aryl methyl sites for hydroxylation is 1. The monoisotopic (exact) mass is 260 g/mol. The number of rotatable bonds is 5. The van der Waals surface area contributed by atoms with Crippen LogP contribution in [-0.4, -0.2) is 43.3 Å². The van der Waals surface area contributed by atoms with Crippen molar-refractivity contribution in [1.29, 1.82) is 0 Å². The summed E-state index contributed by atoms with van der Waals surface area (Å²) in [6, 6.07) is 10.2. The third-order valence-electron chi connectivity index (χ3n) is 4.08. The summed E-state index contributed by atoms with van der Waals surface area (Å²) in [5.74, 6) is 0. The largest absolute Gasteiger partial charge is 0.378 e. The maximum Gasteiger partial charge on any atom is 0.0635 e. The van der Waals surface area contributed by atoms with Crippen LogP contribution in [0.25, 0.3) is 0 Å². The zero-order valence-corrected chi connectivity index (χ0v) is 11.8. The molecule has 1 aromatic rings. The van der Waals surface area contributed by atoms with Gasteiger partial charge in [-0.2, -0.15) is 0 Å². The van der Waals surface area contributed by atoms with Crippen molar-refractivity contribution >= 4 is 0 Å². The third kappa shape index (κ3) is 3.78. The molecular formula is C16H24N2O. The average molecular weight is 260 g/mol. The molecule has 0 radical (unpaired) electrons. The lowest BCUT2D eigenvalue weighted by atomic mass is 10.1. The van der Waals surface area contributed by atoms with E-state index in [1.165, 1.54) is 24.0 Å². The minimum Gasteiger partial charge on any atom is -0.378 e. The quantitative estimate of drug-likeness (QED) is 0.876. The van der Waals surface area contributed by atoms with Gasteiger partial charge in [0.2, 0.25) is 0 Å². The number of ether oxygens (including phenoxy) is 1. The summed E-state index contributed by atoms with van der Waals surface area (Å²) in [6.45, 7) is 7.03. The van der Waals surface area contributed by atoms with Crippen molar-refractivity contribution in [2.75, 3.05) is 26.3 Å². The van der Waals surface area contributed by atoms with E-state index in [1.807, 2.05) is 0 Å². The minimum absolute atomic E-state index is 0.524. The van der Waals surface area contributed by atoms with Gasteiger partial charge in [0.05, 0.1) is 13.2 Å². The summed E-state index contributed by atoms with van der Waals surface area (Å²) < 4.78 is 5.64. The van der Waals surface area contributed by atoms with Crippen molar-refractivity contribution in [3.05, 3.63) is 35.4 Å². The van der Waals surface area contributed by atoms with Gasteiger partial charge in [0.25, 0.3) is 0 Å². The first-order chi connectivity index (χ1) is 9.31. The predicted molar refractivity (Wildman–Crippen MR) is 77.2 cm³/mol. The number of hydrogen-bond acceptors (Lipinski definition) is 3. The Kier molecular flexibility index (Phi) is 4.16. The molecule has 0 aromatic heterocycles. The van der Waals surface area contributed by atoms with Crippen LogP contribution in [0.3, 0.4) is 0 Å². The summed E-state index contributed by atoms with van der Waals surface area (Å²) >= 11 is 0. The molecule has 3 heteroatoms. The second-order valence-electron chi connectivity index (χ2n) is 5.87. The standard InChI is InChI=1S/C16H24N2O/c1-13-2-4-14(5-3-13)11-18-8-9-19-12-16(18)10-17-15-6-7-15/h2-5,15-17H,6-12H2,1H3. The third-order valence-corrected chi connectivity index (χ3v) is 4.08. The normalized spacial score (nSPS) is 24.6. The van der Waals surface area contributed by atoms with Crippen LogP contribution < -0.4 is 5.32 Å². The Morgan fingerprint density at radius 2 is 2.05 bits per heavy atom. The molecular weight excluding hydrogens is 236 g/mol. The molecule has 1 aliphatic carbocycles. The van der Waals surface area contributed by atoms with E-state index >= 15 is 0 Å². The molecule has 1 aromatic carbocycles. The Hall–Kier alpha value is -0.900. The molecule has 3 rings (SSSR count). The highest BCUT2D eigenvalue weighted by atomic mass is 16.5. The molecule has 3 nitrogen and oxygen atoms in total. The molecule has 0 bridgehead atoms. The summed E-state index contributed by atoms with van der Waals surface area (Å²) in [5.41, 5.74) is 2.74. The van der Waals surface area contributed by atoms with E-state index in [2.05, 4.69) is 41.4 Å². The topological polar surface area (TPSA) is 24.5 Å². The van der Waals surface area contributed by atoms with Gasteiger partial charge < -0.3 is 10.1 Å². The van der Waals surface area contributed by atoms with Crippen LogP contribution in [-0.2, 0) is 11.3 Å². The molecule has 1 saturated heterocycles. The minimum atomic E-state index is 0.524. The molecule has 1 aliphatic heterocycles. The van der Waals surface area contributed by atoms with Gasteiger partial charge in [0, 0.05) is 31.7 Å². The predicted octanol–water partition coefficient (Wildman–Crippen LogP) is 1.95. The molecule has 1 N–H and O–H groups in total. The molecule has 1 atom stereocenters. The van der Waals surface area contributed by atoms with Crippen molar-refractivity contribution in [3.63, 3.8) is 0 Å². The van der Waals surface area contributed by atoms with Crippen LogP contribution in [0.1, 0.15) is 24.0 Å². The molecule has 2 aliphatic rings. The Balaban J connectivity index is 1.57. The van der Waals surface area contributed by atoms with E-state index in [9.17, 15) is 0 Å². The molecule has 0 spiro atoms. The number of morpholine rings is 1. The highest BCUT2D eigenvalue weighted by Gasteiger charge is 2.26. The molecule has 1 unspecified atom stereocenters. The fourth-order valence-corrected chi connectivity index (χ4v) is 2.60. The fraction of sp³-hybridized carbons (Fsp3) is 0.625. The van der Waals surface area contributed by atoms with Crippen molar-refractivity contribution in [2.45, 2.75) is 38.4 Å². The van der Waals surface area contributed by atoms with Gasteiger partial charge in [-0.25, -0.2) is 0 Å². The van der Waals surface area contributed by atoms with Gasteiger partial charge in [0.15, 0.2) is 0 Å². The van der Waals surface area contributed by atoms with Crippen LogP contribution in [0.5, 0.6) is 0 Å². The molecule has 1 saturated carbocycles. The second kappa shape index (κ2) is 6.04. The van der Waals surface area contributed by atoms with E-state index < -0.39 is 0 Å². The Bertz CT molecular complexity index is 400. The van der Waals surface area contributed by atoms with Gasteiger partial charge >= 0.3 is 0 Å². The lowest BCUT2D eigenvalue weighted by molar-refractivity contribution is -0.0110. The summed E-state index contributed by atoms with van der Waals surface area (Å²) in [4.78, 5) is 2.56. The van der Waals surface area contributed by atoms with Crippen LogP contribution in [0.4, 0.5) is 0 Å². The highest BCUT2D eigenvalue weighted by molar-refractivity contribution is 5.21. The second-order valence-corrected chi connectivity index (χ2v) is 5.87. The number of nitrogens with zero attached hydrogens (tertiary/aromatic N) is 1. The Morgan fingerprint density at radius 1 is 1.26 bits per heavy atom. The number of hydrogen-bond donors (Lipinski definition) is 1. The van der Waals surface area contributed by atoms with E-state index in [0.717, 1.165) is 38.9 Å². The number of nitrogens with one attached hydrogen (secondary N) is 1. The van der Waals surface area contributed by atoms with E-state index in [4.69, 9.17) is 4.74 Å². The summed E-state index contributed by atoms with van der Waals surface area (Å²) in [7, 11) is 0. The van der Waals surface area contributed by atoms with Gasteiger partial charge in [-0.1, -0.05) is 29.8 Å². The molecule has 19 heavy (non-hydrogen) atoms. The molecule has 104 valence electrons. The molecule has 0 amide bonds. The Labute approximate surface area is 115 Å². The van der Waals surface area contributed by atoms with Crippen LogP contribution in [0, 0.1) is 6.92 Å². The van der Waals surface area contributed by atoms with E-state index in [1.54, 1.807) is 0 Å². The lowest BCUT2D eigenvalue weighted by Crippen LogP contribution is -2.50. The fourth-order valence-electron chi connectivity index (χ4n) is 2.60. The van der Waals surface area contributed by atoms with E-state index in [0.29, 0.717) is 6.04 Å². The van der Waals surface area contributed by atoms with E-state index in [-0.39, 0.29) is 0 Å². The van der Waals surface area contributed by atoms with Crippen LogP contribution in [0.15, 0.2) is 24.3 Å². The van der Waals surface area contributed by atoms with Crippen molar-refractivity contribution in [2.24, 2.45) is 0 Å². The van der Waals surface area contributed by atoms with Crippen molar-refractivity contribution < 1.29 is 4.74 Å². The maximum atomic E-state index is 5.64. The van der Waals surface area contributed by atoms with Gasteiger partial charge in [-0.05, 0) is 25.3 Å². The summed E-state index contributed by atoms with van der Waals surface area (Å²) in [6.07, 6.45) is 2.71. The van der Waals surface area contributed by atoms with Crippen molar-refractivity contribution in [1.82, 2.24) is 10.2 Å². The van der Waals surface area contributed by atoms with Crippen molar-refractivity contribution in [3.8, 4) is 0 Å². The smallest absolute Gasteiger partial charge is 0.0635 e. The number of benzene rings is 1. The maximum absolute atomic E-state index is 5.64. The van der Waals surface area contributed by atoms with Crippen LogP contribution >= 0.6 is 0 Å². The first-order valence-corrected chi connectivity index (χ1v) is 7.42. The first-order valence-electron chi connectivity index (χ1n) is 7.42. The Morgan fingerprint density at radius 3 is 2.79 bits per heavy atom. The SMILES string of the molecule is Cc1ccc(CN2CCOCC2CNC2CC2)cc1. The zero-order valence-electron chi connectivity index (χ0n) is 11.8. The average Bonchev–Trinajstić information content (AvgIpc) is 3.25. The summed E-state index contributed by atoms with van der Waals surface area (Å²) in [5, 5.41) is 3.63. The van der Waals surface area contributed by atoms with Gasteiger partial charge in [-0.15, -0.1) is 0 Å². The molecule has 1 heterocycles. The van der Waals surface area contributed by atoms with Crippen LogP contribution in [0.2, 0.25) is 0 Å².